The van der Waals surface area contributed by atoms with Gasteiger partial charge in [-0.3, -0.25) is 7.06 Å². The van der Waals surface area contributed by atoms with E-state index in [0.29, 0.717) is 0 Å². The van der Waals surface area contributed by atoms with Crippen LogP contribution in [0.15, 0.2) is 0 Å². The van der Waals surface area contributed by atoms with Crippen LogP contribution in [0, 0.1) is 0 Å². The minimum atomic E-state index is -1.42. The summed E-state index contributed by atoms with van der Waals surface area (Å²) in [6.45, 7) is 0. The van der Waals surface area contributed by atoms with E-state index in [4.69, 9.17) is 217 Å². The summed E-state index contributed by atoms with van der Waals surface area (Å²) < 4.78 is 0. The molecule has 0 aromatic carbocycles. The molecule has 0 rings (SSSR count). The summed E-state index contributed by atoms with van der Waals surface area (Å²) in [5.74, 6) is 0. The predicted molar refractivity (Wildman–Crippen MR) is 316 cm³/mol. The van der Waals surface area contributed by atoms with E-state index in [9.17, 15) is 0 Å². The molecule has 0 aliphatic heterocycles. The van der Waals surface area contributed by atoms with Gasteiger partial charge in [0.25, 0.3) is 0 Å². The van der Waals surface area contributed by atoms with Gasteiger partial charge in [0.1, 0.15) is 0 Å². The van der Waals surface area contributed by atoms with E-state index >= 15 is 0 Å². The summed E-state index contributed by atoms with van der Waals surface area (Å²) >= 11 is 0. The maximum Gasteiger partial charge on any atom is -0.0000000000000000739 e. The molecule has 0 bridgehead atoms. The zero-order chi connectivity index (χ0) is 43.7. The smallest absolute Gasteiger partial charge is 0.0000000000000000739 e. The third-order valence-electron chi connectivity index (χ3n) is 11.3. The average molecular weight is 595 g/mol. The van der Waals surface area contributed by atoms with Crippen LogP contribution in [0.2, 0.25) is 0 Å². The SMILES string of the molecule is [B]B([B])B(B([B])[B])B(B(B([B])[B])B([B])[B])B(B(B([B])[B])B([B])[B][B-])B(B(B(B([B])[B])B([B])[B])B(B([B])[B])B([B])[B])B(B(B([B])[B])B([B])[B])B(B([B])[B])B([B])[B]. The van der Waals surface area contributed by atoms with Crippen LogP contribution < -0.4 is 0 Å². The van der Waals surface area contributed by atoms with Gasteiger partial charge in [0.2, 0.25) is 0 Å². The van der Waals surface area contributed by atoms with Crippen LogP contribution in [0.3, 0.4) is 0 Å². The molecular weight excluding hydrogens is 595 g/mol. The van der Waals surface area contributed by atoms with Crippen molar-refractivity contribution in [3.63, 3.8) is 0 Å². The van der Waals surface area contributed by atoms with Crippen molar-refractivity contribution < 1.29 is 0 Å². The number of rotatable bonds is 26. The minimum Gasteiger partial charge on any atom is -0.690 e. The molecule has 0 amide bonds. The van der Waals surface area contributed by atoms with Crippen molar-refractivity contribution in [2.75, 3.05) is 0 Å². The Morgan fingerprint density at radius 3 is 0.400 bits per heavy atom. The van der Waals surface area contributed by atoms with Crippen LogP contribution in [0.25, 0.3) is 0 Å². The summed E-state index contributed by atoms with van der Waals surface area (Å²) in [5, 5.41) is 0. The highest BCUT2D eigenvalue weighted by molar-refractivity contribution is 8.36. The molecule has 0 atom stereocenters. The molecule has 0 saturated carbocycles. The molecule has 166 valence electrons. The van der Waals surface area contributed by atoms with E-state index in [-0.39, 0.29) is 0 Å². The second-order valence-electron chi connectivity index (χ2n) is 15.2. The maximum absolute atomic E-state index is 6.80. The Hall–Kier alpha value is 3.57. The Bertz CT molecular complexity index is 818. The summed E-state index contributed by atoms with van der Waals surface area (Å²) in [6, 6.07) is 0. The highest BCUT2D eigenvalue weighted by atomic mass is 13.4. The second-order valence-corrected chi connectivity index (χ2v) is 15.2. The molecule has 0 unspecified atom stereocenters. The van der Waals surface area contributed by atoms with E-state index in [1.165, 1.54) is 0 Å². The Morgan fingerprint density at radius 1 is 0.182 bits per heavy atom. The molecule has 55 heavy (non-hydrogen) atoms. The van der Waals surface area contributed by atoms with Gasteiger partial charge in [0, 0.05) is 0 Å². The van der Waals surface area contributed by atoms with Gasteiger partial charge in [-0.15, -0.1) is 0 Å². The molecule has 0 aliphatic carbocycles. The van der Waals surface area contributed by atoms with Gasteiger partial charge >= 0.3 is 0 Å². The molecule has 0 aromatic heterocycles. The highest BCUT2D eigenvalue weighted by Crippen LogP contribution is 2.23. The van der Waals surface area contributed by atoms with Gasteiger partial charge < -0.3 is 7.74 Å². The second kappa shape index (κ2) is 27.0. The standard InChI is InChI=1S/B55/c1-29-43(28)50(42(26)27)54(51(44(30(2)3)31(4)5)45(32(6)7)33(8)9)55(52(46(34(10)11)35(12)13)47(36(14)15)37(16)17)53(48(38(18)19)39(20)21)49(40(22)23)41(24)25/q-1. The summed E-state index contributed by atoms with van der Waals surface area (Å²) in [7, 11) is 183. The van der Waals surface area contributed by atoms with E-state index in [1.54, 1.807) is 0 Å². The Labute approximate surface area is 386 Å². The fourth-order valence-electron chi connectivity index (χ4n) is 9.37. The van der Waals surface area contributed by atoms with Gasteiger partial charge in [-0.2, -0.15) is 0 Å². The zero-order valence-corrected chi connectivity index (χ0v) is 31.8. The van der Waals surface area contributed by atoms with Crippen molar-refractivity contribution in [3.8, 4) is 0 Å². The first-order chi connectivity index (χ1) is 25.0. The fourth-order valence-corrected chi connectivity index (χ4v) is 9.37. The molecule has 0 fully saturated rings. The lowest BCUT2D eigenvalue weighted by Gasteiger charge is -2.58. The van der Waals surface area contributed by atoms with Crippen LogP contribution in [0.1, 0.15) is 0 Å². The van der Waals surface area contributed by atoms with Gasteiger partial charge in [0.05, 0.1) is 0 Å². The van der Waals surface area contributed by atoms with Crippen molar-refractivity contribution >= 4 is 390 Å². The van der Waals surface area contributed by atoms with Crippen molar-refractivity contribution in [1.29, 1.82) is 0 Å². The first-order valence-corrected chi connectivity index (χ1v) is 18.0. The molecular formula is B55-. The summed E-state index contributed by atoms with van der Waals surface area (Å²) in [4.78, 5) is 0. The lowest BCUT2D eigenvalue weighted by atomic mass is 8.23. The Kier molecular flexibility index (Phi) is 28.8. The molecule has 0 aliphatic rings. The summed E-state index contributed by atoms with van der Waals surface area (Å²) in [5.41, 5.74) is 0. The predicted octanol–water partition coefficient (Wildman–Crippen LogP) is -20.9. The van der Waals surface area contributed by atoms with E-state index in [0.717, 1.165) is 7.06 Å². The first kappa shape index (κ1) is 58.6. The Morgan fingerprint density at radius 2 is 0.291 bits per heavy atom. The van der Waals surface area contributed by atoms with Crippen molar-refractivity contribution in [1.82, 2.24) is 0 Å². The quantitative estimate of drug-likeness (QED) is 0.0874. The van der Waals surface area contributed by atoms with E-state index in [1.807, 2.05) is 0 Å². The fraction of sp³-hybridized carbons (Fsp3) is 0. The van der Waals surface area contributed by atoms with Crippen LogP contribution in [0.4, 0.5) is 0 Å². The third-order valence-corrected chi connectivity index (χ3v) is 11.3. The molecule has 0 saturated heterocycles. The summed E-state index contributed by atoms with van der Waals surface area (Å²) in [6.07, 6.45) is -34.8. The Balaban J connectivity index is 10.1. The number of hydrogen-bond donors (Lipinski definition) is 0. The normalized spacial score (nSPS) is 9.69. The van der Waals surface area contributed by atoms with Crippen molar-refractivity contribution in [2.45, 2.75) is 0 Å². The van der Waals surface area contributed by atoms with E-state index < -0.39 is 166 Å². The minimum absolute atomic E-state index is 1.12. The lowest BCUT2D eigenvalue weighted by Crippen LogP contribution is -2.96. The van der Waals surface area contributed by atoms with Crippen molar-refractivity contribution in [2.24, 2.45) is 0 Å². The molecule has 58 radical (unpaired) electrons. The molecule has 0 spiro atoms. The lowest BCUT2D eigenvalue weighted by molar-refractivity contribution is 3.18. The van der Waals surface area contributed by atoms with Gasteiger partial charge in [0.15, 0.2) is 0 Å². The zero-order valence-electron chi connectivity index (χ0n) is 31.8. The largest absolute Gasteiger partial charge is 0.690 e. The maximum atomic E-state index is 6.80. The first-order valence-electron chi connectivity index (χ1n) is 18.0. The van der Waals surface area contributed by atoms with E-state index in [2.05, 4.69) is 0 Å². The van der Waals surface area contributed by atoms with Crippen molar-refractivity contribution in [3.05, 3.63) is 0 Å². The van der Waals surface area contributed by atoms with Crippen LogP contribution >= 0.6 is 0 Å². The van der Waals surface area contributed by atoms with Gasteiger partial charge in [-0.1, -0.05) is 0 Å². The number of hydrogen-bond acceptors (Lipinski definition) is 0. The highest BCUT2D eigenvalue weighted by Gasteiger charge is 2.61. The molecule has 0 nitrogen and oxygen atoms in total. The topological polar surface area (TPSA) is 0 Å². The molecule has 55 heteroatoms. The monoisotopic (exact) mass is 606 g/mol. The van der Waals surface area contributed by atoms with Crippen LogP contribution in [-0.2, 0) is 0 Å². The average Bonchev–Trinajstić information content (AvgIpc) is 2.97. The van der Waals surface area contributed by atoms with Gasteiger partial charge in [-0.05, 0) is 375 Å². The van der Waals surface area contributed by atoms with Crippen LogP contribution in [0.5, 0.6) is 0 Å². The molecule has 0 heterocycles. The molecule has 0 N–H and O–H groups in total. The van der Waals surface area contributed by atoms with Gasteiger partial charge in [-0.25, -0.2) is 0 Å². The molecule has 0 aromatic rings. The third kappa shape index (κ3) is 16.0. The van der Waals surface area contributed by atoms with Crippen LogP contribution in [-0.4, -0.2) is 390 Å².